The number of halogens is 1. The lowest BCUT2D eigenvalue weighted by Gasteiger charge is -2.20. The molecular formula is C16H14FNO4. The quantitative estimate of drug-likeness (QED) is 0.922. The Morgan fingerprint density at radius 3 is 2.45 bits per heavy atom. The molecular weight excluding hydrogens is 289 g/mol. The molecule has 1 amide bonds. The zero-order valence-corrected chi connectivity index (χ0v) is 11.6. The maximum Gasteiger partial charge on any atom is 0.415 e. The van der Waals surface area contributed by atoms with Crippen molar-refractivity contribution in [1.82, 2.24) is 0 Å². The van der Waals surface area contributed by atoms with E-state index in [0.29, 0.717) is 0 Å². The van der Waals surface area contributed by atoms with E-state index < -0.39 is 24.4 Å². The Kier molecular flexibility index (Phi) is 5.08. The highest BCUT2D eigenvalue weighted by Crippen LogP contribution is 2.17. The van der Waals surface area contributed by atoms with Crippen molar-refractivity contribution in [2.75, 3.05) is 11.4 Å². The maximum absolute atomic E-state index is 13.3. The van der Waals surface area contributed by atoms with Crippen LogP contribution in [0.25, 0.3) is 0 Å². The van der Waals surface area contributed by atoms with Crippen LogP contribution in [0.2, 0.25) is 0 Å². The van der Waals surface area contributed by atoms with Crippen LogP contribution in [0.15, 0.2) is 54.6 Å². The highest BCUT2D eigenvalue weighted by Gasteiger charge is 2.20. The Morgan fingerprint density at radius 1 is 1.09 bits per heavy atom. The van der Waals surface area contributed by atoms with E-state index in [1.807, 2.05) is 6.07 Å². The molecule has 0 saturated carbocycles. The number of ether oxygens (including phenoxy) is 1. The monoisotopic (exact) mass is 303 g/mol. The van der Waals surface area contributed by atoms with Crippen LogP contribution in [-0.2, 0) is 16.1 Å². The van der Waals surface area contributed by atoms with Crippen LogP contribution in [0.5, 0.6) is 0 Å². The number of amides is 1. The average molecular weight is 303 g/mol. The first-order chi connectivity index (χ1) is 10.6. The Hall–Kier alpha value is -2.89. The van der Waals surface area contributed by atoms with E-state index in [-0.39, 0.29) is 12.3 Å². The van der Waals surface area contributed by atoms with E-state index in [2.05, 4.69) is 0 Å². The third-order valence-corrected chi connectivity index (χ3v) is 2.84. The van der Waals surface area contributed by atoms with Crippen LogP contribution in [0.1, 0.15) is 5.56 Å². The zero-order valence-electron chi connectivity index (χ0n) is 11.6. The smallest absolute Gasteiger partial charge is 0.415 e. The molecule has 0 aromatic heterocycles. The Morgan fingerprint density at radius 2 is 1.82 bits per heavy atom. The minimum atomic E-state index is -1.22. The molecule has 0 atom stereocenters. The molecule has 2 aromatic carbocycles. The van der Waals surface area contributed by atoms with Gasteiger partial charge < -0.3 is 9.84 Å². The van der Waals surface area contributed by atoms with Crippen LogP contribution in [0.4, 0.5) is 14.9 Å². The predicted molar refractivity (Wildman–Crippen MR) is 78.0 cm³/mol. The molecule has 0 aliphatic rings. The number of nitrogens with zero attached hydrogens (tertiary/aromatic N) is 1. The van der Waals surface area contributed by atoms with Crippen LogP contribution >= 0.6 is 0 Å². The second-order valence-electron chi connectivity index (χ2n) is 4.50. The van der Waals surface area contributed by atoms with E-state index >= 15 is 0 Å². The van der Waals surface area contributed by atoms with Gasteiger partial charge in [0, 0.05) is 0 Å². The average Bonchev–Trinajstić information content (AvgIpc) is 2.51. The SMILES string of the molecule is O=C(O)CN(C(=O)OCc1ccccc1)c1cccc(F)c1. The van der Waals surface area contributed by atoms with E-state index in [1.165, 1.54) is 18.2 Å². The van der Waals surface area contributed by atoms with E-state index in [0.717, 1.165) is 16.5 Å². The molecule has 1 N–H and O–H groups in total. The highest BCUT2D eigenvalue weighted by molar-refractivity contribution is 5.92. The lowest BCUT2D eigenvalue weighted by atomic mass is 10.2. The largest absolute Gasteiger partial charge is 0.480 e. The number of aliphatic carboxylic acids is 1. The Bertz CT molecular complexity index is 660. The van der Waals surface area contributed by atoms with Crippen LogP contribution in [0, 0.1) is 5.82 Å². The fourth-order valence-electron chi connectivity index (χ4n) is 1.84. The fourth-order valence-corrected chi connectivity index (χ4v) is 1.84. The number of carboxylic acids is 1. The Labute approximate surface area is 126 Å². The lowest BCUT2D eigenvalue weighted by Crippen LogP contribution is -2.36. The molecule has 0 radical (unpaired) electrons. The summed E-state index contributed by atoms with van der Waals surface area (Å²) >= 11 is 0. The van der Waals surface area contributed by atoms with Crippen molar-refractivity contribution in [2.45, 2.75) is 6.61 Å². The van der Waals surface area contributed by atoms with Gasteiger partial charge in [-0.2, -0.15) is 0 Å². The van der Waals surface area contributed by atoms with Crippen LogP contribution in [0.3, 0.4) is 0 Å². The first kappa shape index (κ1) is 15.5. The van der Waals surface area contributed by atoms with Gasteiger partial charge in [-0.05, 0) is 23.8 Å². The summed E-state index contributed by atoms with van der Waals surface area (Å²) in [5, 5.41) is 8.91. The van der Waals surface area contributed by atoms with Crippen molar-refractivity contribution in [2.24, 2.45) is 0 Å². The van der Waals surface area contributed by atoms with E-state index in [9.17, 15) is 14.0 Å². The molecule has 2 aromatic rings. The van der Waals surface area contributed by atoms with Gasteiger partial charge in [0.1, 0.15) is 19.0 Å². The number of carbonyl (C=O) groups excluding carboxylic acids is 1. The van der Waals surface area contributed by atoms with Crippen LogP contribution < -0.4 is 4.90 Å². The van der Waals surface area contributed by atoms with Crippen LogP contribution in [-0.4, -0.2) is 23.7 Å². The first-order valence-electron chi connectivity index (χ1n) is 6.52. The zero-order chi connectivity index (χ0) is 15.9. The van der Waals surface area contributed by atoms with Gasteiger partial charge in [0.15, 0.2) is 0 Å². The first-order valence-corrected chi connectivity index (χ1v) is 6.52. The molecule has 0 saturated heterocycles. The number of benzene rings is 2. The molecule has 114 valence electrons. The number of rotatable bonds is 5. The van der Waals surface area contributed by atoms with Gasteiger partial charge in [0.05, 0.1) is 5.69 Å². The highest BCUT2D eigenvalue weighted by atomic mass is 19.1. The molecule has 0 bridgehead atoms. The normalized spacial score (nSPS) is 10.0. The van der Waals surface area contributed by atoms with Gasteiger partial charge in [0.25, 0.3) is 0 Å². The minimum Gasteiger partial charge on any atom is -0.480 e. The third kappa shape index (κ3) is 4.31. The standard InChI is InChI=1S/C16H14FNO4/c17-13-7-4-8-14(9-13)18(10-15(19)20)16(21)22-11-12-5-2-1-3-6-12/h1-9H,10-11H2,(H,19,20). The summed E-state index contributed by atoms with van der Waals surface area (Å²) in [5.41, 5.74) is 0.894. The molecule has 22 heavy (non-hydrogen) atoms. The number of anilines is 1. The van der Waals surface area contributed by atoms with E-state index in [4.69, 9.17) is 9.84 Å². The molecule has 2 rings (SSSR count). The lowest BCUT2D eigenvalue weighted by molar-refractivity contribution is -0.135. The van der Waals surface area contributed by atoms with E-state index in [1.54, 1.807) is 24.3 Å². The van der Waals surface area contributed by atoms with Gasteiger partial charge in [-0.15, -0.1) is 0 Å². The van der Waals surface area contributed by atoms with Gasteiger partial charge >= 0.3 is 12.1 Å². The fraction of sp³-hybridized carbons (Fsp3) is 0.125. The Balaban J connectivity index is 2.11. The third-order valence-electron chi connectivity index (χ3n) is 2.84. The molecule has 5 nitrogen and oxygen atoms in total. The molecule has 0 heterocycles. The van der Waals surface area contributed by atoms with Crippen molar-refractivity contribution in [1.29, 1.82) is 0 Å². The summed E-state index contributed by atoms with van der Waals surface area (Å²) in [6.07, 6.45) is -0.850. The van der Waals surface area contributed by atoms with Crippen molar-refractivity contribution < 1.29 is 23.8 Å². The second kappa shape index (κ2) is 7.21. The maximum atomic E-state index is 13.3. The topological polar surface area (TPSA) is 66.8 Å². The molecule has 0 aliphatic heterocycles. The van der Waals surface area contributed by atoms with Crippen molar-refractivity contribution in [3.05, 3.63) is 66.0 Å². The van der Waals surface area contributed by atoms with Gasteiger partial charge in [-0.25, -0.2) is 9.18 Å². The van der Waals surface area contributed by atoms with Crippen molar-refractivity contribution in [3.8, 4) is 0 Å². The summed E-state index contributed by atoms with van der Waals surface area (Å²) in [6, 6.07) is 14.1. The molecule has 6 heteroatoms. The molecule has 0 aliphatic carbocycles. The molecule has 0 unspecified atom stereocenters. The summed E-state index contributed by atoms with van der Waals surface area (Å²) in [5.74, 6) is -1.79. The van der Waals surface area contributed by atoms with Gasteiger partial charge in [0.2, 0.25) is 0 Å². The van der Waals surface area contributed by atoms with Gasteiger partial charge in [-0.3, -0.25) is 9.69 Å². The summed E-state index contributed by atoms with van der Waals surface area (Å²) in [4.78, 5) is 23.9. The number of hydrogen-bond donors (Lipinski definition) is 1. The van der Waals surface area contributed by atoms with Crippen molar-refractivity contribution >= 4 is 17.7 Å². The summed E-state index contributed by atoms with van der Waals surface area (Å²) in [6.45, 7) is -0.609. The summed E-state index contributed by atoms with van der Waals surface area (Å²) in [7, 11) is 0. The number of hydrogen-bond acceptors (Lipinski definition) is 3. The number of carbonyl (C=O) groups is 2. The molecule has 0 fully saturated rings. The molecule has 0 spiro atoms. The second-order valence-corrected chi connectivity index (χ2v) is 4.50. The number of carboxylic acid groups (broad SMARTS) is 1. The minimum absolute atomic E-state index is 0.00507. The van der Waals surface area contributed by atoms with Gasteiger partial charge in [-0.1, -0.05) is 36.4 Å². The van der Waals surface area contributed by atoms with Crippen molar-refractivity contribution in [3.63, 3.8) is 0 Å². The predicted octanol–water partition coefficient (Wildman–Crippen LogP) is 3.05. The summed E-state index contributed by atoms with van der Waals surface area (Å²) < 4.78 is 18.3.